The van der Waals surface area contributed by atoms with E-state index >= 15 is 0 Å². The van der Waals surface area contributed by atoms with Crippen LogP contribution in [0.1, 0.15) is 28.2 Å². The highest BCUT2D eigenvalue weighted by molar-refractivity contribution is 5.85. The highest BCUT2D eigenvalue weighted by atomic mass is 14.3. The van der Waals surface area contributed by atoms with Crippen LogP contribution in [0.4, 0.5) is 0 Å². The third kappa shape index (κ3) is 1.32. The molecule has 18 heavy (non-hydrogen) atoms. The molecule has 0 aliphatic heterocycles. The monoisotopic (exact) mass is 230 g/mol. The van der Waals surface area contributed by atoms with Crippen molar-refractivity contribution in [3.8, 4) is 0 Å². The van der Waals surface area contributed by atoms with Gasteiger partial charge in [-0.15, -0.1) is 0 Å². The fourth-order valence-corrected chi connectivity index (χ4v) is 3.13. The second kappa shape index (κ2) is 3.71. The summed E-state index contributed by atoms with van der Waals surface area (Å²) < 4.78 is 0. The van der Waals surface area contributed by atoms with Gasteiger partial charge in [-0.2, -0.15) is 0 Å². The summed E-state index contributed by atoms with van der Waals surface area (Å²) >= 11 is 0. The van der Waals surface area contributed by atoms with Gasteiger partial charge in [0, 0.05) is 5.92 Å². The summed E-state index contributed by atoms with van der Waals surface area (Å²) in [5.74, 6) is 0.449. The molecule has 0 spiro atoms. The summed E-state index contributed by atoms with van der Waals surface area (Å²) in [6.07, 6.45) is 8.06. The molecular formula is C18H14. The average Bonchev–Trinajstić information content (AvgIpc) is 2.46. The van der Waals surface area contributed by atoms with Crippen molar-refractivity contribution in [1.29, 1.82) is 0 Å². The maximum absolute atomic E-state index is 2.40. The molecule has 0 heterocycles. The zero-order valence-corrected chi connectivity index (χ0v) is 10.1. The largest absolute Gasteiger partial charge is 0.0753 e. The maximum atomic E-state index is 2.40. The highest BCUT2D eigenvalue weighted by Gasteiger charge is 2.25. The van der Waals surface area contributed by atoms with E-state index in [2.05, 4.69) is 66.8 Å². The summed E-state index contributed by atoms with van der Waals surface area (Å²) in [5.41, 5.74) is 7.17. The molecule has 2 aliphatic rings. The summed E-state index contributed by atoms with van der Waals surface area (Å²) in [6, 6.07) is 17.5. The molecule has 0 heteroatoms. The van der Waals surface area contributed by atoms with E-state index in [0.717, 1.165) is 6.42 Å². The van der Waals surface area contributed by atoms with Gasteiger partial charge >= 0.3 is 0 Å². The zero-order valence-electron chi connectivity index (χ0n) is 10.1. The lowest BCUT2D eigenvalue weighted by atomic mass is 9.75. The van der Waals surface area contributed by atoms with Crippen molar-refractivity contribution in [2.75, 3.05) is 0 Å². The number of allylic oxidation sites excluding steroid dienone is 3. The van der Waals surface area contributed by atoms with Crippen LogP contribution in [0.15, 0.2) is 60.7 Å². The molecule has 0 fully saturated rings. The molecule has 0 N–H and O–H groups in total. The molecule has 0 bridgehead atoms. The molecule has 0 amide bonds. The molecule has 4 rings (SSSR count). The number of fused-ring (bicyclic) bond motifs is 5. The second-order valence-corrected chi connectivity index (χ2v) is 4.99. The molecular weight excluding hydrogens is 216 g/mol. The highest BCUT2D eigenvalue weighted by Crippen LogP contribution is 2.43. The Balaban J connectivity index is 1.93. The third-order valence-corrected chi connectivity index (χ3v) is 4.01. The van der Waals surface area contributed by atoms with E-state index in [1.807, 2.05) is 0 Å². The van der Waals surface area contributed by atoms with Crippen molar-refractivity contribution in [3.63, 3.8) is 0 Å². The van der Waals surface area contributed by atoms with Crippen LogP contribution in [-0.2, 0) is 6.42 Å². The third-order valence-electron chi connectivity index (χ3n) is 4.01. The molecule has 1 atom stereocenters. The lowest BCUT2D eigenvalue weighted by Crippen LogP contribution is -2.11. The molecule has 86 valence electrons. The van der Waals surface area contributed by atoms with E-state index in [1.54, 1.807) is 0 Å². The first-order chi connectivity index (χ1) is 8.93. The van der Waals surface area contributed by atoms with Crippen molar-refractivity contribution in [3.05, 3.63) is 82.9 Å². The van der Waals surface area contributed by atoms with Gasteiger partial charge in [0.15, 0.2) is 0 Å². The first-order valence-electron chi connectivity index (χ1n) is 6.49. The first kappa shape index (κ1) is 9.90. The Morgan fingerprint density at radius 1 is 0.889 bits per heavy atom. The van der Waals surface area contributed by atoms with Crippen LogP contribution in [0.5, 0.6) is 0 Å². The van der Waals surface area contributed by atoms with Crippen LogP contribution in [0.25, 0.3) is 11.6 Å². The molecule has 0 radical (unpaired) electrons. The minimum Gasteiger partial charge on any atom is -0.0753 e. The molecule has 2 aromatic carbocycles. The van der Waals surface area contributed by atoms with Gasteiger partial charge in [-0.25, -0.2) is 0 Å². The summed E-state index contributed by atoms with van der Waals surface area (Å²) in [4.78, 5) is 0. The smallest absolute Gasteiger partial charge is 0.0278 e. The van der Waals surface area contributed by atoms with Gasteiger partial charge in [-0.3, -0.25) is 0 Å². The number of rotatable bonds is 0. The maximum Gasteiger partial charge on any atom is 0.0278 e. The lowest BCUT2D eigenvalue weighted by molar-refractivity contribution is 1.00. The van der Waals surface area contributed by atoms with E-state index in [1.165, 1.54) is 27.8 Å². The summed E-state index contributed by atoms with van der Waals surface area (Å²) in [5, 5.41) is 0. The molecule has 1 unspecified atom stereocenters. The van der Waals surface area contributed by atoms with Gasteiger partial charge in [-0.1, -0.05) is 66.8 Å². The molecule has 0 saturated heterocycles. The number of hydrogen-bond acceptors (Lipinski definition) is 0. The van der Waals surface area contributed by atoms with E-state index in [0.29, 0.717) is 5.92 Å². The van der Waals surface area contributed by atoms with Gasteiger partial charge in [0.25, 0.3) is 0 Å². The van der Waals surface area contributed by atoms with E-state index in [-0.39, 0.29) is 0 Å². The Kier molecular flexibility index (Phi) is 2.04. The fourth-order valence-electron chi connectivity index (χ4n) is 3.13. The van der Waals surface area contributed by atoms with Gasteiger partial charge in [-0.05, 0) is 34.2 Å². The predicted molar refractivity (Wildman–Crippen MR) is 76.3 cm³/mol. The lowest BCUT2D eigenvalue weighted by Gasteiger charge is -2.29. The fraction of sp³-hybridized carbons (Fsp3) is 0.111. The molecule has 2 aliphatic carbocycles. The van der Waals surface area contributed by atoms with Crippen LogP contribution >= 0.6 is 0 Å². The SMILES string of the molecule is C1=CC2C(=CCc3ccccc32)c2ccccc21. The van der Waals surface area contributed by atoms with Gasteiger partial charge in [0.2, 0.25) is 0 Å². The van der Waals surface area contributed by atoms with Crippen molar-refractivity contribution in [2.45, 2.75) is 12.3 Å². The van der Waals surface area contributed by atoms with Crippen LogP contribution in [0.2, 0.25) is 0 Å². The standard InChI is InChI=1S/C18H14/c1-3-7-15-13(5-1)9-11-18-16-8-4-2-6-14(16)10-12-17(15)18/h1-9,11-12,18H,10H2. The quantitative estimate of drug-likeness (QED) is 0.627. The van der Waals surface area contributed by atoms with Crippen LogP contribution in [0, 0.1) is 0 Å². The Morgan fingerprint density at radius 3 is 2.72 bits per heavy atom. The molecule has 0 aromatic heterocycles. The van der Waals surface area contributed by atoms with Crippen LogP contribution in [0.3, 0.4) is 0 Å². The zero-order chi connectivity index (χ0) is 11.9. The normalized spacial score (nSPS) is 19.6. The predicted octanol–water partition coefficient (Wildman–Crippen LogP) is 4.44. The Hall–Kier alpha value is -2.08. The van der Waals surface area contributed by atoms with Gasteiger partial charge in [0.1, 0.15) is 0 Å². The first-order valence-corrected chi connectivity index (χ1v) is 6.49. The van der Waals surface area contributed by atoms with E-state index in [4.69, 9.17) is 0 Å². The molecule has 0 nitrogen and oxygen atoms in total. The van der Waals surface area contributed by atoms with Crippen molar-refractivity contribution >= 4 is 11.6 Å². The van der Waals surface area contributed by atoms with Crippen molar-refractivity contribution in [1.82, 2.24) is 0 Å². The van der Waals surface area contributed by atoms with E-state index < -0.39 is 0 Å². The minimum absolute atomic E-state index is 0.449. The average molecular weight is 230 g/mol. The minimum atomic E-state index is 0.449. The van der Waals surface area contributed by atoms with Crippen molar-refractivity contribution in [2.24, 2.45) is 0 Å². The van der Waals surface area contributed by atoms with Crippen LogP contribution in [-0.4, -0.2) is 0 Å². The van der Waals surface area contributed by atoms with Crippen LogP contribution < -0.4 is 0 Å². The Labute approximate surface area is 107 Å². The summed E-state index contributed by atoms with van der Waals surface area (Å²) in [7, 11) is 0. The summed E-state index contributed by atoms with van der Waals surface area (Å²) in [6.45, 7) is 0. The van der Waals surface area contributed by atoms with Gasteiger partial charge in [0.05, 0.1) is 0 Å². The topological polar surface area (TPSA) is 0 Å². The number of hydrogen-bond donors (Lipinski definition) is 0. The number of benzene rings is 2. The van der Waals surface area contributed by atoms with Gasteiger partial charge < -0.3 is 0 Å². The van der Waals surface area contributed by atoms with Crippen molar-refractivity contribution < 1.29 is 0 Å². The second-order valence-electron chi connectivity index (χ2n) is 4.99. The molecule has 2 aromatic rings. The Bertz CT molecular complexity index is 674. The Morgan fingerprint density at radius 2 is 1.72 bits per heavy atom. The molecule has 0 saturated carbocycles. The van der Waals surface area contributed by atoms with E-state index in [9.17, 15) is 0 Å².